The van der Waals surface area contributed by atoms with Crippen molar-refractivity contribution in [1.29, 1.82) is 0 Å². The molecule has 0 saturated heterocycles. The fourth-order valence-electron chi connectivity index (χ4n) is 5.19. The van der Waals surface area contributed by atoms with Crippen LogP contribution in [0.25, 0.3) is 0 Å². The molecule has 0 aliphatic heterocycles. The number of hydrogen-bond donors (Lipinski definition) is 0. The standard InChI is InChI=1S/C21H26F6O2/c1-13-14(2)18-9-16(13)8-17(18)10-19(20(22,23)24,21(25,26)27)29-12-28-11-15-6-4-3-5-7-15/h3-7,13-14,16-18H,8-12H2,1-2H3. The van der Waals surface area contributed by atoms with Gasteiger partial charge in [-0.15, -0.1) is 0 Å². The minimum atomic E-state index is -5.59. The second kappa shape index (κ2) is 8.10. The van der Waals surface area contributed by atoms with Gasteiger partial charge in [0.25, 0.3) is 5.60 Å². The summed E-state index contributed by atoms with van der Waals surface area (Å²) in [5.74, 6) is -0.158. The lowest BCUT2D eigenvalue weighted by Crippen LogP contribution is -2.60. The number of hydrogen-bond acceptors (Lipinski definition) is 2. The van der Waals surface area contributed by atoms with Gasteiger partial charge in [0, 0.05) is 0 Å². The summed E-state index contributed by atoms with van der Waals surface area (Å²) in [5, 5.41) is 0. The fraction of sp³-hybridized carbons (Fsp3) is 0.714. The summed E-state index contributed by atoms with van der Waals surface area (Å²) in [5.41, 5.74) is -3.58. The Balaban J connectivity index is 1.73. The van der Waals surface area contributed by atoms with Crippen LogP contribution in [-0.4, -0.2) is 24.7 Å². The molecule has 0 aromatic heterocycles. The largest absolute Gasteiger partial charge is 0.426 e. The lowest BCUT2D eigenvalue weighted by molar-refractivity contribution is -0.399. The number of fused-ring (bicyclic) bond motifs is 2. The topological polar surface area (TPSA) is 18.5 Å². The van der Waals surface area contributed by atoms with Crippen LogP contribution in [0.2, 0.25) is 0 Å². The van der Waals surface area contributed by atoms with Gasteiger partial charge in [-0.25, -0.2) is 0 Å². The predicted molar refractivity (Wildman–Crippen MR) is 94.7 cm³/mol. The van der Waals surface area contributed by atoms with Crippen molar-refractivity contribution in [2.24, 2.45) is 29.6 Å². The number of benzene rings is 1. The van der Waals surface area contributed by atoms with E-state index in [0.29, 0.717) is 24.3 Å². The SMILES string of the molecule is CC1C2CC(CC(OCOCc3ccccc3)(C(F)(F)F)C(F)(F)F)C(C2)C1C. The molecule has 2 aliphatic carbocycles. The molecule has 0 amide bonds. The Hall–Kier alpha value is -1.28. The van der Waals surface area contributed by atoms with E-state index in [-0.39, 0.29) is 24.4 Å². The van der Waals surface area contributed by atoms with Crippen molar-refractivity contribution in [3.63, 3.8) is 0 Å². The Morgan fingerprint density at radius 3 is 2.03 bits per heavy atom. The van der Waals surface area contributed by atoms with E-state index in [1.54, 1.807) is 30.3 Å². The minimum absolute atomic E-state index is 0.118. The second-order valence-corrected chi connectivity index (χ2v) is 8.50. The minimum Gasteiger partial charge on any atom is -0.351 e. The average Bonchev–Trinajstić information content (AvgIpc) is 3.16. The summed E-state index contributed by atoms with van der Waals surface area (Å²) in [6, 6.07) is 8.48. The molecule has 2 aliphatic rings. The van der Waals surface area contributed by atoms with Gasteiger partial charge in [0.2, 0.25) is 0 Å². The van der Waals surface area contributed by atoms with Crippen LogP contribution < -0.4 is 0 Å². The van der Waals surface area contributed by atoms with Crippen molar-refractivity contribution in [2.75, 3.05) is 6.79 Å². The summed E-state index contributed by atoms with van der Waals surface area (Å²) < 4.78 is 92.3. The first-order valence-electron chi connectivity index (χ1n) is 9.85. The van der Waals surface area contributed by atoms with Crippen LogP contribution in [0.15, 0.2) is 30.3 Å². The maximum Gasteiger partial charge on any atom is 0.426 e. The Labute approximate surface area is 166 Å². The Morgan fingerprint density at radius 1 is 0.897 bits per heavy atom. The van der Waals surface area contributed by atoms with Crippen LogP contribution in [0, 0.1) is 29.6 Å². The van der Waals surface area contributed by atoms with E-state index in [1.165, 1.54) is 0 Å². The molecule has 2 saturated carbocycles. The molecule has 2 bridgehead atoms. The highest BCUT2D eigenvalue weighted by molar-refractivity contribution is 5.13. The summed E-state index contributed by atoms with van der Waals surface area (Å²) in [7, 11) is 0. The molecule has 3 rings (SSSR count). The van der Waals surface area contributed by atoms with Crippen molar-refractivity contribution in [1.82, 2.24) is 0 Å². The zero-order chi connectivity index (χ0) is 21.4. The molecule has 5 unspecified atom stereocenters. The molecule has 164 valence electrons. The molecule has 1 aromatic rings. The van der Waals surface area contributed by atoms with Gasteiger partial charge in [0.15, 0.2) is 0 Å². The van der Waals surface area contributed by atoms with E-state index in [9.17, 15) is 26.3 Å². The van der Waals surface area contributed by atoms with Crippen molar-refractivity contribution < 1.29 is 35.8 Å². The number of rotatable bonds is 7. The molecule has 2 nitrogen and oxygen atoms in total. The first-order chi connectivity index (χ1) is 13.5. The van der Waals surface area contributed by atoms with Gasteiger partial charge in [-0.2, -0.15) is 26.3 Å². The van der Waals surface area contributed by atoms with Crippen LogP contribution in [-0.2, 0) is 16.1 Å². The monoisotopic (exact) mass is 424 g/mol. The van der Waals surface area contributed by atoms with Gasteiger partial charge in [-0.1, -0.05) is 44.2 Å². The molecule has 0 spiro atoms. The molecule has 5 atom stereocenters. The quantitative estimate of drug-likeness (QED) is 0.288. The highest BCUT2D eigenvalue weighted by Gasteiger charge is 2.73. The first-order valence-corrected chi connectivity index (χ1v) is 9.85. The van der Waals surface area contributed by atoms with Crippen molar-refractivity contribution in [3.8, 4) is 0 Å². The number of ether oxygens (including phenoxy) is 2. The lowest BCUT2D eigenvalue weighted by atomic mass is 9.71. The molecule has 0 radical (unpaired) electrons. The number of alkyl halides is 6. The Bertz CT molecular complexity index is 656. The molecule has 29 heavy (non-hydrogen) atoms. The summed E-state index contributed by atoms with van der Waals surface area (Å²) in [6.07, 6.45) is -11.2. The van der Waals surface area contributed by atoms with E-state index in [0.717, 1.165) is 0 Å². The van der Waals surface area contributed by atoms with Crippen LogP contribution in [0.3, 0.4) is 0 Å². The Morgan fingerprint density at radius 2 is 1.52 bits per heavy atom. The van der Waals surface area contributed by atoms with Crippen LogP contribution in [0.1, 0.15) is 38.7 Å². The van der Waals surface area contributed by atoms with Gasteiger partial charge in [-0.3, -0.25) is 0 Å². The Kier molecular flexibility index (Phi) is 6.26. The molecule has 1 aromatic carbocycles. The summed E-state index contributed by atoms with van der Waals surface area (Å²) >= 11 is 0. The van der Waals surface area contributed by atoms with Gasteiger partial charge >= 0.3 is 12.4 Å². The fourth-order valence-corrected chi connectivity index (χ4v) is 5.19. The molecule has 0 N–H and O–H groups in total. The third-order valence-corrected chi connectivity index (χ3v) is 7.00. The highest BCUT2D eigenvalue weighted by Crippen LogP contribution is 2.60. The smallest absolute Gasteiger partial charge is 0.351 e. The zero-order valence-corrected chi connectivity index (χ0v) is 16.4. The van der Waals surface area contributed by atoms with Crippen LogP contribution in [0.4, 0.5) is 26.3 Å². The highest BCUT2D eigenvalue weighted by atomic mass is 19.4. The maximum atomic E-state index is 13.8. The molecule has 2 fully saturated rings. The van der Waals surface area contributed by atoms with Crippen molar-refractivity contribution >= 4 is 0 Å². The lowest BCUT2D eigenvalue weighted by Gasteiger charge is -2.41. The third kappa shape index (κ3) is 4.29. The van der Waals surface area contributed by atoms with Crippen LogP contribution >= 0.6 is 0 Å². The summed E-state index contributed by atoms with van der Waals surface area (Å²) in [6.45, 7) is 2.74. The van der Waals surface area contributed by atoms with Crippen LogP contribution in [0.5, 0.6) is 0 Å². The second-order valence-electron chi connectivity index (χ2n) is 8.50. The summed E-state index contributed by atoms with van der Waals surface area (Å²) in [4.78, 5) is 0. The normalized spacial score (nSPS) is 30.1. The third-order valence-electron chi connectivity index (χ3n) is 7.00. The van der Waals surface area contributed by atoms with E-state index >= 15 is 0 Å². The van der Waals surface area contributed by atoms with Crippen molar-refractivity contribution in [3.05, 3.63) is 35.9 Å². The van der Waals surface area contributed by atoms with E-state index in [4.69, 9.17) is 4.74 Å². The zero-order valence-electron chi connectivity index (χ0n) is 16.4. The average molecular weight is 424 g/mol. The molecular weight excluding hydrogens is 398 g/mol. The van der Waals surface area contributed by atoms with Gasteiger partial charge in [-0.05, 0) is 54.4 Å². The van der Waals surface area contributed by atoms with Crippen molar-refractivity contribution in [2.45, 2.75) is 57.7 Å². The molecule has 8 heteroatoms. The van der Waals surface area contributed by atoms with Gasteiger partial charge in [0.05, 0.1) is 6.61 Å². The van der Waals surface area contributed by atoms with E-state index < -0.39 is 37.1 Å². The van der Waals surface area contributed by atoms with E-state index in [1.807, 2.05) is 13.8 Å². The molecular formula is C21H26F6O2. The van der Waals surface area contributed by atoms with E-state index in [2.05, 4.69) is 4.74 Å². The maximum absolute atomic E-state index is 13.8. The number of halogens is 6. The van der Waals surface area contributed by atoms with Gasteiger partial charge < -0.3 is 9.47 Å². The predicted octanol–water partition coefficient (Wildman–Crippen LogP) is 6.36. The van der Waals surface area contributed by atoms with Gasteiger partial charge in [0.1, 0.15) is 6.79 Å². The first kappa shape index (κ1) is 22.4. The molecule has 0 heterocycles.